The first kappa shape index (κ1) is 17.1. The van der Waals surface area contributed by atoms with E-state index in [1.165, 1.54) is 24.3 Å². The maximum atomic E-state index is 12.3. The molecule has 0 amide bonds. The standard InChI is InChI=1S/C14H20F2N2O3S/c1-10-13(3-2-8-17-10)18-22(19,20)12-6-4-11(5-7-12)21-9-14(15)16/h4-7,10,13-14,17-18H,2-3,8-9H2,1H3. The van der Waals surface area contributed by atoms with Gasteiger partial charge in [0.1, 0.15) is 12.4 Å². The van der Waals surface area contributed by atoms with Crippen LogP contribution in [0.4, 0.5) is 8.78 Å². The smallest absolute Gasteiger partial charge is 0.272 e. The molecular weight excluding hydrogens is 314 g/mol. The molecule has 2 rings (SSSR count). The number of sulfonamides is 1. The summed E-state index contributed by atoms with van der Waals surface area (Å²) in [6.45, 7) is 2.11. The fraction of sp³-hybridized carbons (Fsp3) is 0.571. The highest BCUT2D eigenvalue weighted by atomic mass is 32.2. The Hall–Kier alpha value is -1.25. The molecule has 0 spiro atoms. The molecule has 1 heterocycles. The van der Waals surface area contributed by atoms with Gasteiger partial charge in [0, 0.05) is 12.1 Å². The lowest BCUT2D eigenvalue weighted by molar-refractivity contribution is 0.0819. The highest BCUT2D eigenvalue weighted by Crippen LogP contribution is 2.18. The Labute approximate surface area is 129 Å². The third-order valence-electron chi connectivity index (χ3n) is 3.58. The summed E-state index contributed by atoms with van der Waals surface area (Å²) in [5.41, 5.74) is 0. The molecule has 1 aliphatic rings. The molecule has 22 heavy (non-hydrogen) atoms. The van der Waals surface area contributed by atoms with Crippen molar-refractivity contribution < 1.29 is 21.9 Å². The first-order chi connectivity index (χ1) is 10.4. The molecule has 0 bridgehead atoms. The molecule has 1 aliphatic heterocycles. The average Bonchev–Trinajstić information content (AvgIpc) is 2.48. The lowest BCUT2D eigenvalue weighted by Gasteiger charge is -2.30. The summed E-state index contributed by atoms with van der Waals surface area (Å²) in [4.78, 5) is 0.0923. The Morgan fingerprint density at radius 2 is 2.05 bits per heavy atom. The van der Waals surface area contributed by atoms with E-state index < -0.39 is 23.1 Å². The summed E-state index contributed by atoms with van der Waals surface area (Å²) in [5.74, 6) is 0.215. The molecule has 2 N–H and O–H groups in total. The number of benzene rings is 1. The molecule has 124 valence electrons. The van der Waals surface area contributed by atoms with Crippen LogP contribution < -0.4 is 14.8 Å². The molecule has 8 heteroatoms. The zero-order valence-electron chi connectivity index (χ0n) is 12.3. The molecule has 2 atom stereocenters. The van der Waals surface area contributed by atoms with E-state index >= 15 is 0 Å². The Morgan fingerprint density at radius 1 is 1.36 bits per heavy atom. The number of halogens is 2. The SMILES string of the molecule is CC1NCCCC1NS(=O)(=O)c1ccc(OCC(F)F)cc1. The van der Waals surface area contributed by atoms with Crippen LogP contribution in [0.15, 0.2) is 29.2 Å². The second-order valence-corrected chi connectivity index (χ2v) is 7.00. The summed E-state index contributed by atoms with van der Waals surface area (Å²) >= 11 is 0. The number of rotatable bonds is 6. The Bertz CT molecular complexity index is 578. The zero-order valence-corrected chi connectivity index (χ0v) is 13.1. The van der Waals surface area contributed by atoms with E-state index in [1.807, 2.05) is 6.92 Å². The molecule has 1 saturated heterocycles. The van der Waals surface area contributed by atoms with Gasteiger partial charge in [-0.05, 0) is 50.6 Å². The van der Waals surface area contributed by atoms with Gasteiger partial charge in [0.15, 0.2) is 0 Å². The van der Waals surface area contributed by atoms with Gasteiger partial charge >= 0.3 is 0 Å². The predicted molar refractivity (Wildman–Crippen MR) is 78.7 cm³/mol. The van der Waals surface area contributed by atoms with Crippen molar-refractivity contribution in [1.82, 2.24) is 10.0 Å². The highest BCUT2D eigenvalue weighted by molar-refractivity contribution is 7.89. The summed E-state index contributed by atoms with van der Waals surface area (Å²) in [5, 5.41) is 3.22. The Kier molecular flexibility index (Phi) is 5.71. The Balaban J connectivity index is 2.02. The first-order valence-electron chi connectivity index (χ1n) is 7.15. The third kappa shape index (κ3) is 4.62. The summed E-state index contributed by atoms with van der Waals surface area (Å²) in [6, 6.07) is 5.36. The lowest BCUT2D eigenvalue weighted by atomic mass is 10.0. The highest BCUT2D eigenvalue weighted by Gasteiger charge is 2.26. The van der Waals surface area contributed by atoms with Crippen molar-refractivity contribution in [2.24, 2.45) is 0 Å². The van der Waals surface area contributed by atoms with Crippen molar-refractivity contribution in [3.05, 3.63) is 24.3 Å². The maximum Gasteiger partial charge on any atom is 0.272 e. The third-order valence-corrected chi connectivity index (χ3v) is 5.08. The van der Waals surface area contributed by atoms with Gasteiger partial charge in [-0.25, -0.2) is 21.9 Å². The molecule has 0 aliphatic carbocycles. The van der Waals surface area contributed by atoms with E-state index in [-0.39, 0.29) is 22.7 Å². The van der Waals surface area contributed by atoms with Crippen molar-refractivity contribution in [3.63, 3.8) is 0 Å². The van der Waals surface area contributed by atoms with Crippen LogP contribution >= 0.6 is 0 Å². The van der Waals surface area contributed by atoms with Gasteiger partial charge in [0.25, 0.3) is 6.43 Å². The van der Waals surface area contributed by atoms with Gasteiger partial charge in [0.2, 0.25) is 10.0 Å². The van der Waals surface area contributed by atoms with E-state index in [2.05, 4.69) is 10.0 Å². The minimum atomic E-state index is -3.63. The van der Waals surface area contributed by atoms with Gasteiger partial charge in [-0.2, -0.15) is 0 Å². The van der Waals surface area contributed by atoms with E-state index in [0.29, 0.717) is 0 Å². The van der Waals surface area contributed by atoms with E-state index in [0.717, 1.165) is 19.4 Å². The molecular formula is C14H20F2N2O3S. The van der Waals surface area contributed by atoms with Gasteiger partial charge in [-0.15, -0.1) is 0 Å². The van der Waals surface area contributed by atoms with Crippen LogP contribution in [0, 0.1) is 0 Å². The van der Waals surface area contributed by atoms with E-state index in [9.17, 15) is 17.2 Å². The van der Waals surface area contributed by atoms with Crippen LogP contribution in [-0.4, -0.2) is 40.1 Å². The van der Waals surface area contributed by atoms with Crippen molar-refractivity contribution in [3.8, 4) is 5.75 Å². The quantitative estimate of drug-likeness (QED) is 0.832. The number of ether oxygens (including phenoxy) is 1. The molecule has 0 saturated carbocycles. The maximum absolute atomic E-state index is 12.3. The molecule has 2 unspecified atom stereocenters. The van der Waals surface area contributed by atoms with Crippen molar-refractivity contribution in [2.75, 3.05) is 13.2 Å². The van der Waals surface area contributed by atoms with Crippen LogP contribution in [0.25, 0.3) is 0 Å². The van der Waals surface area contributed by atoms with Crippen LogP contribution in [0.2, 0.25) is 0 Å². The average molecular weight is 334 g/mol. The van der Waals surface area contributed by atoms with Crippen LogP contribution in [0.3, 0.4) is 0 Å². The van der Waals surface area contributed by atoms with Gasteiger partial charge in [-0.3, -0.25) is 0 Å². The van der Waals surface area contributed by atoms with Gasteiger partial charge < -0.3 is 10.1 Å². The minimum Gasteiger partial charge on any atom is -0.488 e. The largest absolute Gasteiger partial charge is 0.488 e. The molecule has 1 aromatic carbocycles. The summed E-state index contributed by atoms with van der Waals surface area (Å²) in [7, 11) is -3.63. The second-order valence-electron chi connectivity index (χ2n) is 5.29. The summed E-state index contributed by atoms with van der Waals surface area (Å²) in [6.07, 6.45) is -0.869. The number of piperidine rings is 1. The number of hydrogen-bond donors (Lipinski definition) is 2. The first-order valence-corrected chi connectivity index (χ1v) is 8.63. The zero-order chi connectivity index (χ0) is 16.2. The van der Waals surface area contributed by atoms with Crippen molar-refractivity contribution >= 4 is 10.0 Å². The van der Waals surface area contributed by atoms with Crippen LogP contribution in [0.5, 0.6) is 5.75 Å². The molecule has 1 fully saturated rings. The van der Waals surface area contributed by atoms with E-state index in [4.69, 9.17) is 4.74 Å². The fourth-order valence-corrected chi connectivity index (χ4v) is 3.70. The van der Waals surface area contributed by atoms with Crippen LogP contribution in [0.1, 0.15) is 19.8 Å². The van der Waals surface area contributed by atoms with Crippen molar-refractivity contribution in [2.45, 2.75) is 43.2 Å². The van der Waals surface area contributed by atoms with Crippen LogP contribution in [-0.2, 0) is 10.0 Å². The Morgan fingerprint density at radius 3 is 2.64 bits per heavy atom. The predicted octanol–water partition coefficient (Wildman–Crippen LogP) is 1.75. The van der Waals surface area contributed by atoms with Gasteiger partial charge in [-0.1, -0.05) is 0 Å². The number of hydrogen-bond acceptors (Lipinski definition) is 4. The topological polar surface area (TPSA) is 67.4 Å². The molecule has 1 aromatic rings. The normalized spacial score (nSPS) is 22.7. The molecule has 0 radical (unpaired) electrons. The minimum absolute atomic E-state index is 0.0668. The van der Waals surface area contributed by atoms with Gasteiger partial charge in [0.05, 0.1) is 4.90 Å². The lowest BCUT2D eigenvalue weighted by Crippen LogP contribution is -2.51. The summed E-state index contributed by atoms with van der Waals surface area (Å²) < 4.78 is 56.3. The molecule has 5 nitrogen and oxygen atoms in total. The van der Waals surface area contributed by atoms with E-state index in [1.54, 1.807) is 0 Å². The number of alkyl halides is 2. The molecule has 0 aromatic heterocycles. The number of nitrogens with one attached hydrogen (secondary N) is 2. The monoisotopic (exact) mass is 334 g/mol. The van der Waals surface area contributed by atoms with Crippen molar-refractivity contribution in [1.29, 1.82) is 0 Å². The fourth-order valence-electron chi connectivity index (χ4n) is 2.35. The second kappa shape index (κ2) is 7.34.